The average molecular weight is 612 g/mol. The van der Waals surface area contributed by atoms with Crippen molar-refractivity contribution >= 4 is 17.5 Å². The predicted octanol–water partition coefficient (Wildman–Crippen LogP) is 4.57. The summed E-state index contributed by atoms with van der Waals surface area (Å²) >= 11 is 0. The minimum Gasteiger partial charge on any atom is -0.379 e. The molecule has 3 aromatic rings. The largest absolute Gasteiger partial charge is 0.416 e. The number of aromatic nitrogens is 4. The molecule has 234 valence electrons. The maximum absolute atomic E-state index is 14.4. The van der Waals surface area contributed by atoms with Crippen LogP contribution in [0.3, 0.4) is 0 Å². The number of anilines is 2. The molecule has 0 spiro atoms. The molecule has 0 saturated carbocycles. The van der Waals surface area contributed by atoms with E-state index in [0.29, 0.717) is 50.0 Å². The van der Waals surface area contributed by atoms with Gasteiger partial charge in [0.25, 0.3) is 5.91 Å². The number of carbonyl (C=O) groups excluding carboxylic acids is 1. The quantitative estimate of drug-likeness (QED) is 0.254. The molecule has 5 heterocycles. The number of likely N-dealkylation sites (tertiary alicyclic amines) is 1. The number of benzene rings is 1. The number of aryl methyl sites for hydroxylation is 1. The third-order valence-corrected chi connectivity index (χ3v) is 8.84. The van der Waals surface area contributed by atoms with E-state index >= 15 is 0 Å². The Labute approximate surface area is 253 Å². The fourth-order valence-electron chi connectivity index (χ4n) is 6.47. The van der Waals surface area contributed by atoms with Crippen molar-refractivity contribution in [3.8, 4) is 0 Å². The van der Waals surface area contributed by atoms with Crippen molar-refractivity contribution in [3.63, 3.8) is 0 Å². The summed E-state index contributed by atoms with van der Waals surface area (Å²) < 4.78 is 50.7. The van der Waals surface area contributed by atoms with Gasteiger partial charge in [-0.2, -0.15) is 18.3 Å². The number of alkyl halides is 3. The van der Waals surface area contributed by atoms with Crippen LogP contribution in [-0.4, -0.2) is 69.9 Å². The van der Waals surface area contributed by atoms with Crippen LogP contribution in [0.15, 0.2) is 35.7 Å². The smallest absolute Gasteiger partial charge is 0.379 e. The highest BCUT2D eigenvalue weighted by atomic mass is 19.4. The summed E-state index contributed by atoms with van der Waals surface area (Å²) in [4.78, 5) is 22.0. The molecule has 2 fully saturated rings. The van der Waals surface area contributed by atoms with Gasteiger partial charge in [0.15, 0.2) is 0 Å². The number of nitrogens with one attached hydrogen (secondary N) is 2. The zero-order valence-corrected chi connectivity index (χ0v) is 24.8. The van der Waals surface area contributed by atoms with Crippen molar-refractivity contribution in [1.29, 1.82) is 5.53 Å². The highest BCUT2D eigenvalue weighted by molar-refractivity contribution is 6.10. The number of hydrogen-bond acceptors (Lipinski definition) is 9. The Hall–Kier alpha value is -3.91. The first-order chi connectivity index (χ1) is 21.1. The van der Waals surface area contributed by atoms with E-state index in [-0.39, 0.29) is 30.0 Å². The van der Waals surface area contributed by atoms with Gasteiger partial charge in [0.05, 0.1) is 31.9 Å². The average Bonchev–Trinajstić information content (AvgIpc) is 3.51. The van der Waals surface area contributed by atoms with Crippen molar-refractivity contribution in [2.75, 3.05) is 49.6 Å². The molecule has 0 bridgehead atoms. The third-order valence-electron chi connectivity index (χ3n) is 8.84. The number of ether oxygens (including phenoxy) is 1. The molecular weight excluding hydrogens is 575 g/mol. The molecule has 2 N–H and O–H groups in total. The zero-order valence-electron chi connectivity index (χ0n) is 24.8. The van der Waals surface area contributed by atoms with Crippen molar-refractivity contribution < 1.29 is 22.7 Å². The number of nitrogens with zero attached hydrogens (tertiary/aromatic N) is 7. The van der Waals surface area contributed by atoms with E-state index in [0.717, 1.165) is 37.3 Å². The summed E-state index contributed by atoms with van der Waals surface area (Å²) in [6, 6.07) is 6.46. The second-order valence-electron chi connectivity index (χ2n) is 12.3. The molecule has 3 aliphatic rings. The van der Waals surface area contributed by atoms with Crippen LogP contribution in [0.25, 0.3) is 0 Å². The van der Waals surface area contributed by atoms with E-state index in [1.807, 2.05) is 17.7 Å². The number of halogens is 3. The highest BCUT2D eigenvalue weighted by Crippen LogP contribution is 2.42. The molecule has 11 nitrogen and oxygen atoms in total. The SMILES string of the molecule is C[C@@H]1CCCN(Cc2cc3c(c(C(F)(F)F)c2)CN(c2cc(C4(Cc5nncn5C)COC4)cc(NCCN=N)n2)C3=O)C1. The molecule has 1 aromatic carbocycles. The minimum atomic E-state index is -4.61. The Bertz CT molecular complexity index is 1550. The van der Waals surface area contributed by atoms with Crippen LogP contribution in [0.2, 0.25) is 0 Å². The van der Waals surface area contributed by atoms with Crippen LogP contribution in [0.1, 0.15) is 58.2 Å². The minimum absolute atomic E-state index is 0.0336. The Morgan fingerprint density at radius 2 is 2.05 bits per heavy atom. The van der Waals surface area contributed by atoms with Gasteiger partial charge in [-0.15, -0.1) is 10.2 Å². The lowest BCUT2D eigenvalue weighted by atomic mass is 9.75. The zero-order chi connectivity index (χ0) is 31.1. The van der Waals surface area contributed by atoms with Crippen LogP contribution in [0.5, 0.6) is 0 Å². The van der Waals surface area contributed by atoms with Crippen LogP contribution in [0, 0.1) is 11.4 Å². The van der Waals surface area contributed by atoms with Gasteiger partial charge in [-0.05, 0) is 66.3 Å². The van der Waals surface area contributed by atoms with Crippen molar-refractivity contribution in [2.45, 2.75) is 50.9 Å². The molecule has 6 rings (SSSR count). The van der Waals surface area contributed by atoms with Crippen molar-refractivity contribution in [3.05, 3.63) is 64.2 Å². The molecule has 44 heavy (non-hydrogen) atoms. The van der Waals surface area contributed by atoms with Crippen molar-refractivity contribution in [1.82, 2.24) is 24.6 Å². The van der Waals surface area contributed by atoms with Crippen LogP contribution in [0.4, 0.5) is 24.8 Å². The first kappa shape index (κ1) is 30.1. The van der Waals surface area contributed by atoms with Gasteiger partial charge >= 0.3 is 6.18 Å². The topological polar surface area (TPSA) is 125 Å². The summed E-state index contributed by atoms with van der Waals surface area (Å²) in [5.74, 6) is 1.40. The summed E-state index contributed by atoms with van der Waals surface area (Å²) in [6.07, 6.45) is -0.371. The summed E-state index contributed by atoms with van der Waals surface area (Å²) in [5, 5.41) is 14.8. The van der Waals surface area contributed by atoms with Gasteiger partial charge < -0.3 is 14.6 Å². The van der Waals surface area contributed by atoms with Gasteiger partial charge in [0.2, 0.25) is 0 Å². The second-order valence-corrected chi connectivity index (χ2v) is 12.3. The molecular formula is C30H36F3N9O2. The Kier molecular flexibility index (Phi) is 8.14. The maximum Gasteiger partial charge on any atom is 0.416 e. The van der Waals surface area contributed by atoms with Gasteiger partial charge in [-0.1, -0.05) is 6.92 Å². The molecule has 2 saturated heterocycles. The number of rotatable bonds is 10. The first-order valence-electron chi connectivity index (χ1n) is 14.8. The number of pyridine rings is 1. The van der Waals surface area contributed by atoms with Crippen LogP contribution >= 0.6 is 0 Å². The van der Waals surface area contributed by atoms with E-state index in [9.17, 15) is 18.0 Å². The Balaban J connectivity index is 1.36. The molecule has 14 heteroatoms. The summed E-state index contributed by atoms with van der Waals surface area (Å²) in [7, 11) is 1.86. The van der Waals surface area contributed by atoms with E-state index < -0.39 is 23.1 Å². The predicted molar refractivity (Wildman–Crippen MR) is 156 cm³/mol. The third kappa shape index (κ3) is 5.92. The lowest BCUT2D eigenvalue weighted by Crippen LogP contribution is -2.49. The fraction of sp³-hybridized carbons (Fsp3) is 0.533. The van der Waals surface area contributed by atoms with Gasteiger partial charge in [-0.25, -0.2) is 10.5 Å². The standard InChI is InChI=1S/C30H36F3N9O2/c1-19-4-3-7-41(13-19)14-20-8-22-23(24(9-20)30(31,32)33)15-42(28(22)43)26-11-21(10-25(38-26)35-5-6-36-34)29(16-44-17-29)12-27-39-37-18-40(27)2/h8-11,18-19,34H,3-7,12-17H2,1-2H3,(H,35,38)/t19-/m1/s1. The molecule has 3 aliphatic heterocycles. The van der Waals surface area contributed by atoms with Gasteiger partial charge in [-0.3, -0.25) is 14.6 Å². The molecule has 2 aromatic heterocycles. The molecule has 1 amide bonds. The Morgan fingerprint density at radius 3 is 2.70 bits per heavy atom. The number of hydrogen-bond donors (Lipinski definition) is 2. The summed E-state index contributed by atoms with van der Waals surface area (Å²) in [5.41, 5.74) is 7.20. The van der Waals surface area contributed by atoms with Crippen LogP contribution < -0.4 is 10.2 Å². The molecule has 0 unspecified atom stereocenters. The van der Waals surface area contributed by atoms with E-state index in [4.69, 9.17) is 10.3 Å². The lowest BCUT2D eigenvalue weighted by molar-refractivity contribution is -0.138. The number of amides is 1. The summed E-state index contributed by atoms with van der Waals surface area (Å²) in [6.45, 7) is 5.26. The van der Waals surface area contributed by atoms with Crippen LogP contribution in [-0.2, 0) is 42.9 Å². The number of carbonyl (C=O) groups is 1. The normalized spacial score (nSPS) is 20.0. The van der Waals surface area contributed by atoms with E-state index in [2.05, 4.69) is 37.4 Å². The number of piperidine rings is 1. The molecule has 1 atom stereocenters. The second kappa shape index (κ2) is 11.9. The van der Waals surface area contributed by atoms with Crippen molar-refractivity contribution in [2.24, 2.45) is 18.1 Å². The molecule has 0 radical (unpaired) electrons. The van der Waals surface area contributed by atoms with Gasteiger partial charge in [0.1, 0.15) is 23.8 Å². The van der Waals surface area contributed by atoms with E-state index in [1.54, 1.807) is 18.5 Å². The maximum atomic E-state index is 14.4. The monoisotopic (exact) mass is 611 g/mol. The number of fused-ring (bicyclic) bond motifs is 1. The van der Waals surface area contributed by atoms with Gasteiger partial charge in [0, 0.05) is 44.1 Å². The van der Waals surface area contributed by atoms with E-state index in [1.165, 1.54) is 11.0 Å². The lowest BCUT2D eigenvalue weighted by Gasteiger charge is -2.42. The highest BCUT2D eigenvalue weighted by Gasteiger charge is 2.44. The fourth-order valence-corrected chi connectivity index (χ4v) is 6.47. The first-order valence-corrected chi connectivity index (χ1v) is 14.8. The molecule has 0 aliphatic carbocycles. The Morgan fingerprint density at radius 1 is 1.23 bits per heavy atom.